The lowest BCUT2D eigenvalue weighted by Crippen LogP contribution is -2.34. The third-order valence-electron chi connectivity index (χ3n) is 6.41. The molecular weight excluding hydrogens is 474 g/mol. The van der Waals surface area contributed by atoms with Crippen molar-refractivity contribution in [2.75, 3.05) is 30.3 Å². The highest BCUT2D eigenvalue weighted by Crippen LogP contribution is 2.36. The Morgan fingerprint density at radius 3 is 2.42 bits per heavy atom. The monoisotopic (exact) mass is 505 g/mol. The predicted octanol–water partition coefficient (Wildman–Crippen LogP) is 5.54. The first kappa shape index (κ1) is 25.6. The summed E-state index contributed by atoms with van der Waals surface area (Å²) in [4.78, 5) is 27.6. The molecule has 1 saturated heterocycles. The minimum atomic E-state index is -0.467. The van der Waals surface area contributed by atoms with Crippen LogP contribution in [0.4, 0.5) is 11.4 Å². The average molecular weight is 506 g/mol. The van der Waals surface area contributed by atoms with Crippen LogP contribution in [0.3, 0.4) is 0 Å². The molecule has 6 nitrogen and oxygen atoms in total. The van der Waals surface area contributed by atoms with E-state index in [1.54, 1.807) is 31.2 Å². The Morgan fingerprint density at radius 2 is 1.72 bits per heavy atom. The number of benzene rings is 3. The van der Waals surface area contributed by atoms with Crippen molar-refractivity contribution in [1.82, 2.24) is 5.32 Å². The molecular formula is C29H32ClN3O3. The number of nitrogens with one attached hydrogen (secondary N) is 1. The standard InChI is InChI=1S/C29H32ClN3O3/c1-2-36-29(35)21-12-10-20(11-13-21)18-27(34)32-28(23-8-4-5-9-25(23)30)24-19-22(31)14-15-26(24)33-16-6-3-7-17-33/h4-5,8-15,19,28H,2-3,6-7,16-18,31H2,1H3,(H,32,34). The van der Waals surface area contributed by atoms with E-state index in [-0.39, 0.29) is 18.3 Å². The first-order chi connectivity index (χ1) is 17.5. The van der Waals surface area contributed by atoms with Crippen LogP contribution in [0.15, 0.2) is 66.7 Å². The van der Waals surface area contributed by atoms with Crippen molar-refractivity contribution in [2.24, 2.45) is 0 Å². The van der Waals surface area contributed by atoms with Gasteiger partial charge in [-0.25, -0.2) is 4.79 Å². The molecule has 1 unspecified atom stereocenters. The maximum atomic E-state index is 13.3. The molecule has 0 aliphatic carbocycles. The summed E-state index contributed by atoms with van der Waals surface area (Å²) in [7, 11) is 0. The number of nitrogen functional groups attached to an aromatic ring is 1. The number of halogens is 1. The number of anilines is 2. The average Bonchev–Trinajstić information content (AvgIpc) is 2.89. The quantitative estimate of drug-likeness (QED) is 0.310. The van der Waals surface area contributed by atoms with Crippen molar-refractivity contribution in [3.8, 4) is 0 Å². The molecule has 3 N–H and O–H groups in total. The van der Waals surface area contributed by atoms with E-state index in [4.69, 9.17) is 22.1 Å². The van der Waals surface area contributed by atoms with Gasteiger partial charge in [-0.3, -0.25) is 4.79 Å². The molecule has 188 valence electrons. The van der Waals surface area contributed by atoms with E-state index in [9.17, 15) is 9.59 Å². The van der Waals surface area contributed by atoms with Crippen molar-refractivity contribution in [3.63, 3.8) is 0 Å². The number of hydrogen-bond acceptors (Lipinski definition) is 5. The molecule has 1 heterocycles. The molecule has 3 aromatic rings. The number of carbonyl (C=O) groups is 2. The number of carbonyl (C=O) groups excluding carboxylic acids is 2. The lowest BCUT2D eigenvalue weighted by molar-refractivity contribution is -0.120. The molecule has 1 fully saturated rings. The van der Waals surface area contributed by atoms with Gasteiger partial charge in [-0.05, 0) is 73.7 Å². The first-order valence-corrected chi connectivity index (χ1v) is 12.8. The van der Waals surface area contributed by atoms with Crippen LogP contribution in [0.25, 0.3) is 0 Å². The van der Waals surface area contributed by atoms with Gasteiger partial charge in [-0.1, -0.05) is 41.9 Å². The lowest BCUT2D eigenvalue weighted by atomic mass is 9.94. The Hall–Kier alpha value is -3.51. The topological polar surface area (TPSA) is 84.7 Å². The lowest BCUT2D eigenvalue weighted by Gasteiger charge is -2.33. The van der Waals surface area contributed by atoms with Crippen molar-refractivity contribution in [2.45, 2.75) is 38.6 Å². The molecule has 0 aromatic heterocycles. The van der Waals surface area contributed by atoms with Gasteiger partial charge >= 0.3 is 5.97 Å². The molecule has 1 atom stereocenters. The molecule has 0 radical (unpaired) electrons. The van der Waals surface area contributed by atoms with E-state index in [0.717, 1.165) is 48.3 Å². The second kappa shape index (κ2) is 12.0. The van der Waals surface area contributed by atoms with Gasteiger partial charge in [-0.2, -0.15) is 0 Å². The third-order valence-corrected chi connectivity index (χ3v) is 6.75. The molecule has 1 aliphatic rings. The Balaban J connectivity index is 1.62. The highest BCUT2D eigenvalue weighted by atomic mass is 35.5. The van der Waals surface area contributed by atoms with Crippen LogP contribution in [0.1, 0.15) is 59.3 Å². The van der Waals surface area contributed by atoms with E-state index in [1.165, 1.54) is 6.42 Å². The summed E-state index contributed by atoms with van der Waals surface area (Å²) in [6, 6.07) is 19.9. The van der Waals surface area contributed by atoms with E-state index < -0.39 is 6.04 Å². The molecule has 0 bridgehead atoms. The number of hydrogen-bond donors (Lipinski definition) is 2. The van der Waals surface area contributed by atoms with E-state index in [2.05, 4.69) is 10.2 Å². The minimum Gasteiger partial charge on any atom is -0.462 e. The molecule has 0 spiro atoms. The van der Waals surface area contributed by atoms with E-state index in [1.807, 2.05) is 42.5 Å². The fourth-order valence-corrected chi connectivity index (χ4v) is 4.87. The molecule has 4 rings (SSSR count). The van der Waals surface area contributed by atoms with Gasteiger partial charge in [-0.15, -0.1) is 0 Å². The van der Waals surface area contributed by atoms with Crippen LogP contribution < -0.4 is 16.0 Å². The molecule has 36 heavy (non-hydrogen) atoms. The smallest absolute Gasteiger partial charge is 0.338 e. The molecule has 7 heteroatoms. The maximum Gasteiger partial charge on any atom is 0.338 e. The van der Waals surface area contributed by atoms with Gasteiger partial charge in [0.05, 0.1) is 24.6 Å². The Morgan fingerprint density at radius 1 is 1.00 bits per heavy atom. The van der Waals surface area contributed by atoms with Gasteiger partial charge in [0, 0.05) is 35.1 Å². The number of esters is 1. The summed E-state index contributed by atoms with van der Waals surface area (Å²) in [5.74, 6) is -0.532. The van der Waals surface area contributed by atoms with Crippen LogP contribution in [0.5, 0.6) is 0 Å². The summed E-state index contributed by atoms with van der Waals surface area (Å²) >= 11 is 6.62. The summed E-state index contributed by atoms with van der Waals surface area (Å²) in [5.41, 5.74) is 10.9. The van der Waals surface area contributed by atoms with Gasteiger partial charge in [0.25, 0.3) is 0 Å². The number of piperidine rings is 1. The number of amides is 1. The van der Waals surface area contributed by atoms with Crippen LogP contribution in [0, 0.1) is 0 Å². The Kier molecular flexibility index (Phi) is 8.49. The fourth-order valence-electron chi connectivity index (χ4n) is 4.63. The number of nitrogens with zero attached hydrogens (tertiary/aromatic N) is 1. The summed E-state index contributed by atoms with van der Waals surface area (Å²) in [5, 5.41) is 3.78. The van der Waals surface area contributed by atoms with Crippen LogP contribution in [-0.4, -0.2) is 31.6 Å². The Labute approximate surface area is 217 Å². The fraction of sp³-hybridized carbons (Fsp3) is 0.310. The van der Waals surface area contributed by atoms with Crippen molar-refractivity contribution < 1.29 is 14.3 Å². The summed E-state index contributed by atoms with van der Waals surface area (Å²) in [6.45, 7) is 4.01. The van der Waals surface area contributed by atoms with Gasteiger partial charge < -0.3 is 20.7 Å². The highest BCUT2D eigenvalue weighted by Gasteiger charge is 2.25. The second-order valence-corrected chi connectivity index (χ2v) is 9.39. The predicted molar refractivity (Wildman–Crippen MR) is 144 cm³/mol. The van der Waals surface area contributed by atoms with Crippen molar-refractivity contribution >= 4 is 34.9 Å². The maximum absolute atomic E-state index is 13.3. The first-order valence-electron chi connectivity index (χ1n) is 12.4. The summed E-state index contributed by atoms with van der Waals surface area (Å²) in [6.07, 6.45) is 3.65. The zero-order chi connectivity index (χ0) is 25.5. The van der Waals surface area contributed by atoms with Crippen molar-refractivity contribution in [1.29, 1.82) is 0 Å². The number of nitrogens with two attached hydrogens (primary N) is 1. The molecule has 0 saturated carbocycles. The third kappa shape index (κ3) is 6.18. The zero-order valence-electron chi connectivity index (χ0n) is 20.5. The number of rotatable bonds is 8. The van der Waals surface area contributed by atoms with E-state index in [0.29, 0.717) is 22.9 Å². The minimum absolute atomic E-state index is 0.157. The van der Waals surface area contributed by atoms with Gasteiger partial charge in [0.15, 0.2) is 0 Å². The van der Waals surface area contributed by atoms with Gasteiger partial charge in [0.1, 0.15) is 0 Å². The molecule has 3 aromatic carbocycles. The number of ether oxygens (including phenoxy) is 1. The van der Waals surface area contributed by atoms with Crippen LogP contribution in [-0.2, 0) is 16.0 Å². The van der Waals surface area contributed by atoms with Crippen molar-refractivity contribution in [3.05, 3.63) is 94.0 Å². The van der Waals surface area contributed by atoms with Crippen LogP contribution in [0.2, 0.25) is 5.02 Å². The SMILES string of the molecule is CCOC(=O)c1ccc(CC(=O)NC(c2ccccc2Cl)c2cc(N)ccc2N2CCCCC2)cc1. The van der Waals surface area contributed by atoms with Crippen LogP contribution >= 0.6 is 11.6 Å². The zero-order valence-corrected chi connectivity index (χ0v) is 21.3. The van der Waals surface area contributed by atoms with E-state index >= 15 is 0 Å². The molecule has 1 amide bonds. The highest BCUT2D eigenvalue weighted by molar-refractivity contribution is 6.31. The molecule has 1 aliphatic heterocycles. The summed E-state index contributed by atoms with van der Waals surface area (Å²) < 4.78 is 5.04. The Bertz CT molecular complexity index is 1210. The van der Waals surface area contributed by atoms with Gasteiger partial charge in [0.2, 0.25) is 5.91 Å². The second-order valence-electron chi connectivity index (χ2n) is 8.98. The largest absolute Gasteiger partial charge is 0.462 e. The normalized spacial score (nSPS) is 14.2.